The number of alkyl halides is 3. The molecule has 2 aliphatic heterocycles. The van der Waals surface area contributed by atoms with Crippen LogP contribution in [-0.2, 0) is 23.9 Å². The van der Waals surface area contributed by atoms with Gasteiger partial charge in [-0.15, -0.1) is 0 Å². The maximum atomic E-state index is 13.3. The highest BCUT2D eigenvalue weighted by Gasteiger charge is 2.42. The Hall–Kier alpha value is -2.58. The molecule has 2 heterocycles. The van der Waals surface area contributed by atoms with Gasteiger partial charge in [0, 0.05) is 45.0 Å². The van der Waals surface area contributed by atoms with Crippen LogP contribution in [0.25, 0.3) is 0 Å². The fraction of sp³-hybridized carbons (Fsp3) is 0.480. The third-order valence-corrected chi connectivity index (χ3v) is 6.57. The average molecular weight is 461 g/mol. The quantitative estimate of drug-likeness (QED) is 0.719. The van der Waals surface area contributed by atoms with E-state index in [1.165, 1.54) is 11.6 Å². The van der Waals surface area contributed by atoms with Gasteiger partial charge < -0.3 is 15.1 Å². The van der Waals surface area contributed by atoms with Gasteiger partial charge in [0.2, 0.25) is 5.91 Å². The fourth-order valence-electron chi connectivity index (χ4n) is 4.88. The van der Waals surface area contributed by atoms with Crippen LogP contribution in [0.5, 0.6) is 0 Å². The topological polar surface area (TPSA) is 38.8 Å². The second-order valence-electron chi connectivity index (χ2n) is 9.23. The first-order chi connectivity index (χ1) is 15.7. The zero-order chi connectivity index (χ0) is 23.6. The number of likely N-dealkylation sites (N-methyl/N-ethyl adjacent to an activating group) is 1. The molecule has 1 saturated heterocycles. The summed E-state index contributed by atoms with van der Waals surface area (Å²) in [4.78, 5) is 19.7. The van der Waals surface area contributed by atoms with Crippen LogP contribution in [0.3, 0.4) is 0 Å². The molecule has 0 radical (unpaired) electrons. The molecule has 0 saturated carbocycles. The van der Waals surface area contributed by atoms with Crippen LogP contribution >= 0.6 is 0 Å². The molecule has 0 aromatic heterocycles. The maximum Gasteiger partial charge on any atom is 0.416 e. The van der Waals surface area contributed by atoms with E-state index in [0.29, 0.717) is 38.2 Å². The molecule has 1 N–H and O–H groups in total. The molecule has 1 amide bonds. The molecule has 8 heteroatoms. The zero-order valence-electron chi connectivity index (χ0n) is 19.1. The SMILES string of the molecule is CN(C)CCNC(=O)[C@@H]1Cc2cc(C(F)(F)F)ccc2N2CCN(Cc3ccccc3)C[C@H]12. The molecule has 0 spiro atoms. The largest absolute Gasteiger partial charge is 0.416 e. The molecule has 1 fully saturated rings. The lowest BCUT2D eigenvalue weighted by Gasteiger charge is -2.49. The van der Waals surface area contributed by atoms with E-state index in [-0.39, 0.29) is 11.9 Å². The molecule has 0 bridgehead atoms. The number of rotatable bonds is 6. The van der Waals surface area contributed by atoms with Crippen LogP contribution < -0.4 is 10.2 Å². The van der Waals surface area contributed by atoms with E-state index in [4.69, 9.17) is 0 Å². The summed E-state index contributed by atoms with van der Waals surface area (Å²) in [5, 5.41) is 3.01. The maximum absolute atomic E-state index is 13.3. The second-order valence-corrected chi connectivity index (χ2v) is 9.23. The number of nitrogens with one attached hydrogen (secondary N) is 1. The molecular weight excluding hydrogens is 429 g/mol. The van der Waals surface area contributed by atoms with Crippen LogP contribution in [0, 0.1) is 5.92 Å². The molecule has 2 atom stereocenters. The normalized spacial score (nSPS) is 21.0. The highest BCUT2D eigenvalue weighted by molar-refractivity contribution is 5.82. The highest BCUT2D eigenvalue weighted by Crippen LogP contribution is 2.39. The first kappa shape index (κ1) is 23.6. The molecule has 4 rings (SSSR count). The Kier molecular flexibility index (Phi) is 6.95. The van der Waals surface area contributed by atoms with Gasteiger partial charge in [0.1, 0.15) is 0 Å². The van der Waals surface area contributed by atoms with E-state index in [2.05, 4.69) is 27.2 Å². The Labute approximate surface area is 193 Å². The van der Waals surface area contributed by atoms with Crippen LogP contribution in [-0.4, -0.2) is 68.6 Å². The highest BCUT2D eigenvalue weighted by atomic mass is 19.4. The van der Waals surface area contributed by atoms with Crippen molar-refractivity contribution in [2.24, 2.45) is 5.92 Å². The number of benzene rings is 2. The number of hydrogen-bond donors (Lipinski definition) is 1. The number of anilines is 1. The number of carbonyl (C=O) groups is 1. The van der Waals surface area contributed by atoms with E-state index in [9.17, 15) is 18.0 Å². The van der Waals surface area contributed by atoms with Crippen molar-refractivity contribution in [3.8, 4) is 0 Å². The zero-order valence-corrected chi connectivity index (χ0v) is 19.1. The van der Waals surface area contributed by atoms with Gasteiger partial charge in [-0.1, -0.05) is 30.3 Å². The number of fused-ring (bicyclic) bond motifs is 3. The molecule has 2 aromatic carbocycles. The monoisotopic (exact) mass is 460 g/mol. The third kappa shape index (κ3) is 5.50. The van der Waals surface area contributed by atoms with Crippen molar-refractivity contribution in [2.75, 3.05) is 51.7 Å². The van der Waals surface area contributed by atoms with Gasteiger partial charge in [-0.2, -0.15) is 13.2 Å². The lowest BCUT2D eigenvalue weighted by molar-refractivity contribution is -0.137. The fourth-order valence-corrected chi connectivity index (χ4v) is 4.88. The van der Waals surface area contributed by atoms with Crippen LogP contribution in [0.1, 0.15) is 16.7 Å². The summed E-state index contributed by atoms with van der Waals surface area (Å²) in [6.45, 7) is 4.18. The number of piperazine rings is 1. The summed E-state index contributed by atoms with van der Waals surface area (Å²) in [6, 6.07) is 14.1. The summed E-state index contributed by atoms with van der Waals surface area (Å²) < 4.78 is 40.0. The summed E-state index contributed by atoms with van der Waals surface area (Å²) in [7, 11) is 3.87. The van der Waals surface area contributed by atoms with E-state index in [1.54, 1.807) is 6.07 Å². The number of nitrogens with zero attached hydrogens (tertiary/aromatic N) is 3. The molecule has 2 aromatic rings. The predicted octanol–water partition coefficient (Wildman–Crippen LogP) is 3.25. The molecule has 2 aliphatic rings. The van der Waals surface area contributed by atoms with Crippen LogP contribution in [0.2, 0.25) is 0 Å². The van der Waals surface area contributed by atoms with Crippen molar-refractivity contribution in [3.63, 3.8) is 0 Å². The Bertz CT molecular complexity index is 964. The Morgan fingerprint density at radius 1 is 1.12 bits per heavy atom. The van der Waals surface area contributed by atoms with E-state index in [0.717, 1.165) is 24.8 Å². The van der Waals surface area contributed by atoms with Gasteiger partial charge in [-0.05, 0) is 49.8 Å². The molecule has 0 aliphatic carbocycles. The summed E-state index contributed by atoms with van der Waals surface area (Å²) in [5.41, 5.74) is 1.98. The third-order valence-electron chi connectivity index (χ3n) is 6.57. The van der Waals surface area contributed by atoms with Gasteiger partial charge in [0.15, 0.2) is 0 Å². The van der Waals surface area contributed by atoms with Crippen molar-refractivity contribution in [1.82, 2.24) is 15.1 Å². The lowest BCUT2D eigenvalue weighted by Crippen LogP contribution is -2.61. The summed E-state index contributed by atoms with van der Waals surface area (Å²) in [6.07, 6.45) is -4.09. The molecule has 5 nitrogen and oxygen atoms in total. The van der Waals surface area contributed by atoms with Crippen molar-refractivity contribution in [2.45, 2.75) is 25.2 Å². The first-order valence-electron chi connectivity index (χ1n) is 11.4. The summed E-state index contributed by atoms with van der Waals surface area (Å²) >= 11 is 0. The van der Waals surface area contributed by atoms with Crippen molar-refractivity contribution < 1.29 is 18.0 Å². The van der Waals surface area contributed by atoms with Crippen LogP contribution in [0.4, 0.5) is 18.9 Å². The van der Waals surface area contributed by atoms with Gasteiger partial charge >= 0.3 is 6.18 Å². The van der Waals surface area contributed by atoms with E-state index < -0.39 is 17.7 Å². The number of carbonyl (C=O) groups excluding carboxylic acids is 1. The standard InChI is InChI=1S/C25H31F3N4O/c1-30(2)11-10-29-24(33)21-15-19-14-20(25(26,27)28)8-9-22(19)32-13-12-31(17-23(21)32)16-18-6-4-3-5-7-18/h3-9,14,21,23H,10-13,15-17H2,1-2H3,(H,29,33)/t21-,23-/m1/s1. The Balaban J connectivity index is 1.58. The molecule has 0 unspecified atom stereocenters. The van der Waals surface area contributed by atoms with Gasteiger partial charge in [-0.25, -0.2) is 0 Å². The van der Waals surface area contributed by atoms with Crippen molar-refractivity contribution in [1.29, 1.82) is 0 Å². The van der Waals surface area contributed by atoms with E-state index >= 15 is 0 Å². The van der Waals surface area contributed by atoms with Gasteiger partial charge in [0.25, 0.3) is 0 Å². The number of amides is 1. The van der Waals surface area contributed by atoms with Gasteiger partial charge in [-0.3, -0.25) is 9.69 Å². The minimum absolute atomic E-state index is 0.0777. The van der Waals surface area contributed by atoms with Gasteiger partial charge in [0.05, 0.1) is 17.5 Å². The first-order valence-corrected chi connectivity index (χ1v) is 11.4. The Morgan fingerprint density at radius 2 is 1.88 bits per heavy atom. The number of hydrogen-bond acceptors (Lipinski definition) is 4. The number of halogens is 3. The lowest BCUT2D eigenvalue weighted by atomic mass is 9.82. The van der Waals surface area contributed by atoms with Crippen LogP contribution in [0.15, 0.2) is 48.5 Å². The smallest absolute Gasteiger partial charge is 0.365 e. The predicted molar refractivity (Wildman–Crippen MR) is 123 cm³/mol. The average Bonchev–Trinajstić information content (AvgIpc) is 2.77. The minimum atomic E-state index is -4.40. The summed E-state index contributed by atoms with van der Waals surface area (Å²) in [5.74, 6) is -0.488. The molecule has 33 heavy (non-hydrogen) atoms. The van der Waals surface area contributed by atoms with Crippen molar-refractivity contribution in [3.05, 3.63) is 65.2 Å². The second kappa shape index (κ2) is 9.73. The molecule has 178 valence electrons. The van der Waals surface area contributed by atoms with Crippen molar-refractivity contribution >= 4 is 11.6 Å². The molecular formula is C25H31F3N4O. The van der Waals surface area contributed by atoms with E-state index in [1.807, 2.05) is 37.2 Å². The Morgan fingerprint density at radius 3 is 2.58 bits per heavy atom. The minimum Gasteiger partial charge on any atom is -0.365 e.